The van der Waals surface area contributed by atoms with Crippen molar-refractivity contribution in [2.24, 2.45) is 0 Å². The summed E-state index contributed by atoms with van der Waals surface area (Å²) >= 11 is 0. The number of anilines is 1. The molecule has 3 rings (SSSR count). The fourth-order valence-electron chi connectivity index (χ4n) is 2.66. The van der Waals surface area contributed by atoms with Gasteiger partial charge in [-0.05, 0) is 38.0 Å². The van der Waals surface area contributed by atoms with E-state index < -0.39 is 6.10 Å². The zero-order valence-electron chi connectivity index (χ0n) is 13.8. The lowest BCUT2D eigenvalue weighted by atomic mass is 10.3. The molecule has 6 nitrogen and oxygen atoms in total. The summed E-state index contributed by atoms with van der Waals surface area (Å²) in [5, 5.41) is 2.83. The summed E-state index contributed by atoms with van der Waals surface area (Å²) in [6.45, 7) is 4.09. The Hall–Kier alpha value is -2.63. The Kier molecular flexibility index (Phi) is 5.25. The highest BCUT2D eigenvalue weighted by atomic mass is 16.5. The predicted molar refractivity (Wildman–Crippen MR) is 91.9 cm³/mol. The largest absolute Gasteiger partial charge is 0.481 e. The second-order valence-electron chi connectivity index (χ2n) is 5.82. The van der Waals surface area contributed by atoms with Gasteiger partial charge in [0, 0.05) is 19.3 Å². The fraction of sp³-hybridized carbons (Fsp3) is 0.389. The van der Waals surface area contributed by atoms with Gasteiger partial charge < -0.3 is 15.0 Å². The minimum absolute atomic E-state index is 0.186. The lowest BCUT2D eigenvalue weighted by Crippen LogP contribution is -2.36. The van der Waals surface area contributed by atoms with E-state index in [-0.39, 0.29) is 5.91 Å². The summed E-state index contributed by atoms with van der Waals surface area (Å²) in [7, 11) is 0. The highest BCUT2D eigenvalue weighted by Gasteiger charge is 2.16. The van der Waals surface area contributed by atoms with Crippen LogP contribution in [0.2, 0.25) is 0 Å². The molecule has 0 aliphatic carbocycles. The molecule has 1 unspecified atom stereocenters. The molecule has 0 radical (unpaired) electrons. The average molecular weight is 326 g/mol. The van der Waals surface area contributed by atoms with Crippen LogP contribution in [-0.4, -0.2) is 35.1 Å². The number of aromatic nitrogens is 2. The lowest BCUT2D eigenvalue weighted by Gasteiger charge is -2.17. The van der Waals surface area contributed by atoms with E-state index in [0.29, 0.717) is 18.1 Å². The van der Waals surface area contributed by atoms with Gasteiger partial charge >= 0.3 is 0 Å². The Morgan fingerprint density at radius 2 is 2.00 bits per heavy atom. The molecule has 1 saturated heterocycles. The summed E-state index contributed by atoms with van der Waals surface area (Å²) < 4.78 is 5.61. The van der Waals surface area contributed by atoms with Crippen LogP contribution in [0.5, 0.6) is 5.75 Å². The van der Waals surface area contributed by atoms with E-state index in [4.69, 9.17) is 4.74 Å². The Morgan fingerprint density at radius 3 is 2.75 bits per heavy atom. The van der Waals surface area contributed by atoms with E-state index in [1.807, 2.05) is 36.4 Å². The van der Waals surface area contributed by atoms with Gasteiger partial charge in [-0.2, -0.15) is 0 Å². The first-order valence-corrected chi connectivity index (χ1v) is 8.28. The molecule has 1 N–H and O–H groups in total. The fourth-order valence-corrected chi connectivity index (χ4v) is 2.66. The average Bonchev–Trinajstić information content (AvgIpc) is 3.15. The van der Waals surface area contributed by atoms with E-state index >= 15 is 0 Å². The number of hydrogen-bond acceptors (Lipinski definition) is 5. The first-order valence-electron chi connectivity index (χ1n) is 8.28. The third-order valence-corrected chi connectivity index (χ3v) is 3.97. The number of nitrogens with zero attached hydrogens (tertiary/aromatic N) is 3. The van der Waals surface area contributed by atoms with Crippen LogP contribution < -0.4 is 15.0 Å². The molecule has 126 valence electrons. The number of benzene rings is 1. The molecule has 2 heterocycles. The summed E-state index contributed by atoms with van der Waals surface area (Å²) in [6, 6.07) is 11.2. The quantitative estimate of drug-likeness (QED) is 0.881. The summed E-state index contributed by atoms with van der Waals surface area (Å²) in [5.41, 5.74) is 0. The van der Waals surface area contributed by atoms with Crippen LogP contribution in [0, 0.1) is 0 Å². The van der Waals surface area contributed by atoms with E-state index in [9.17, 15) is 4.79 Å². The SMILES string of the molecule is CC(Oc1ccccc1)C(=O)NCc1nccc(N2CCCC2)n1. The number of carbonyl (C=O) groups is 1. The lowest BCUT2D eigenvalue weighted by molar-refractivity contribution is -0.127. The molecule has 1 fully saturated rings. The van der Waals surface area contributed by atoms with Gasteiger partial charge in [-0.25, -0.2) is 9.97 Å². The zero-order chi connectivity index (χ0) is 16.8. The molecule has 24 heavy (non-hydrogen) atoms. The number of hydrogen-bond donors (Lipinski definition) is 1. The monoisotopic (exact) mass is 326 g/mol. The molecule has 1 aromatic carbocycles. The molecule has 1 aromatic heterocycles. The standard InChI is InChI=1S/C18H22N4O2/c1-14(24-15-7-3-2-4-8-15)18(23)20-13-16-19-10-9-17(21-16)22-11-5-6-12-22/h2-4,7-10,14H,5-6,11-13H2,1H3,(H,20,23). The molecular weight excluding hydrogens is 304 g/mol. The van der Waals surface area contributed by atoms with Crippen LogP contribution in [0.15, 0.2) is 42.6 Å². The van der Waals surface area contributed by atoms with Crippen molar-refractivity contribution in [3.8, 4) is 5.75 Å². The number of amides is 1. The van der Waals surface area contributed by atoms with Crippen molar-refractivity contribution in [3.05, 3.63) is 48.4 Å². The van der Waals surface area contributed by atoms with E-state index in [2.05, 4.69) is 20.2 Å². The Morgan fingerprint density at radius 1 is 1.25 bits per heavy atom. The molecule has 6 heteroatoms. The number of para-hydroxylation sites is 1. The maximum Gasteiger partial charge on any atom is 0.261 e. The summed E-state index contributed by atoms with van der Waals surface area (Å²) in [6.07, 6.45) is 3.56. The first kappa shape index (κ1) is 16.2. The minimum atomic E-state index is -0.575. The molecule has 0 spiro atoms. The van der Waals surface area contributed by atoms with Gasteiger partial charge in [0.25, 0.3) is 5.91 Å². The van der Waals surface area contributed by atoms with Crippen molar-refractivity contribution in [3.63, 3.8) is 0 Å². The van der Waals surface area contributed by atoms with Gasteiger partial charge in [0.2, 0.25) is 0 Å². The van der Waals surface area contributed by atoms with Crippen molar-refractivity contribution < 1.29 is 9.53 Å². The van der Waals surface area contributed by atoms with Gasteiger partial charge in [-0.1, -0.05) is 18.2 Å². The van der Waals surface area contributed by atoms with Crippen molar-refractivity contribution in [2.75, 3.05) is 18.0 Å². The maximum absolute atomic E-state index is 12.2. The second-order valence-corrected chi connectivity index (χ2v) is 5.82. The summed E-state index contributed by atoms with van der Waals surface area (Å²) in [4.78, 5) is 23.2. The number of carbonyl (C=O) groups excluding carboxylic acids is 1. The van der Waals surface area contributed by atoms with Gasteiger partial charge in [0.05, 0.1) is 6.54 Å². The van der Waals surface area contributed by atoms with Crippen LogP contribution in [0.25, 0.3) is 0 Å². The molecule has 1 amide bonds. The van der Waals surface area contributed by atoms with Crippen molar-refractivity contribution in [1.29, 1.82) is 0 Å². The van der Waals surface area contributed by atoms with Crippen LogP contribution >= 0.6 is 0 Å². The number of rotatable bonds is 6. The zero-order valence-corrected chi connectivity index (χ0v) is 13.8. The number of nitrogens with one attached hydrogen (secondary N) is 1. The van der Waals surface area contributed by atoms with Crippen molar-refractivity contribution in [2.45, 2.75) is 32.4 Å². The minimum Gasteiger partial charge on any atom is -0.481 e. The molecule has 0 bridgehead atoms. The third kappa shape index (κ3) is 4.22. The van der Waals surface area contributed by atoms with Gasteiger partial charge in [0.15, 0.2) is 6.10 Å². The molecular formula is C18H22N4O2. The van der Waals surface area contributed by atoms with Crippen molar-refractivity contribution >= 4 is 11.7 Å². The van der Waals surface area contributed by atoms with Crippen LogP contribution in [0.4, 0.5) is 5.82 Å². The molecule has 0 saturated carbocycles. The highest BCUT2D eigenvalue weighted by Crippen LogP contribution is 2.17. The Labute approximate surface area is 141 Å². The molecule has 1 aliphatic heterocycles. The second kappa shape index (κ2) is 7.77. The van der Waals surface area contributed by atoms with Crippen molar-refractivity contribution in [1.82, 2.24) is 15.3 Å². The molecule has 2 aromatic rings. The van der Waals surface area contributed by atoms with Crippen LogP contribution in [-0.2, 0) is 11.3 Å². The van der Waals surface area contributed by atoms with E-state index in [1.54, 1.807) is 13.1 Å². The van der Waals surface area contributed by atoms with Crippen LogP contribution in [0.3, 0.4) is 0 Å². The Bertz CT molecular complexity index is 672. The molecule has 1 atom stereocenters. The first-order chi connectivity index (χ1) is 11.7. The Balaban J connectivity index is 1.53. The third-order valence-electron chi connectivity index (χ3n) is 3.97. The summed E-state index contributed by atoms with van der Waals surface area (Å²) in [5.74, 6) is 2.03. The smallest absolute Gasteiger partial charge is 0.261 e. The number of ether oxygens (including phenoxy) is 1. The van der Waals surface area contributed by atoms with E-state index in [0.717, 1.165) is 18.9 Å². The maximum atomic E-state index is 12.2. The highest BCUT2D eigenvalue weighted by molar-refractivity contribution is 5.80. The molecule has 1 aliphatic rings. The van der Waals surface area contributed by atoms with E-state index in [1.165, 1.54) is 12.8 Å². The van der Waals surface area contributed by atoms with Crippen LogP contribution in [0.1, 0.15) is 25.6 Å². The topological polar surface area (TPSA) is 67.3 Å². The normalized spacial score (nSPS) is 15.1. The van der Waals surface area contributed by atoms with Gasteiger partial charge in [-0.15, -0.1) is 0 Å². The van der Waals surface area contributed by atoms with Gasteiger partial charge in [0.1, 0.15) is 17.4 Å². The van der Waals surface area contributed by atoms with Gasteiger partial charge in [-0.3, -0.25) is 4.79 Å². The predicted octanol–water partition coefficient (Wildman–Crippen LogP) is 2.16.